The molecule has 1 aromatic rings. The van der Waals surface area contributed by atoms with Gasteiger partial charge in [0.1, 0.15) is 5.82 Å². The molecule has 0 fully saturated rings. The van der Waals surface area contributed by atoms with Gasteiger partial charge in [0.15, 0.2) is 0 Å². The van der Waals surface area contributed by atoms with Gasteiger partial charge in [-0.05, 0) is 37.2 Å². The van der Waals surface area contributed by atoms with Crippen LogP contribution in [0.2, 0.25) is 0 Å². The van der Waals surface area contributed by atoms with E-state index in [4.69, 9.17) is 0 Å². The van der Waals surface area contributed by atoms with Crippen LogP contribution in [-0.4, -0.2) is 42.7 Å². The van der Waals surface area contributed by atoms with Gasteiger partial charge in [-0.25, -0.2) is 4.39 Å². The molecule has 2 N–H and O–H groups in total. The van der Waals surface area contributed by atoms with Crippen LogP contribution in [0.3, 0.4) is 0 Å². The maximum absolute atomic E-state index is 13.1. The fourth-order valence-corrected chi connectivity index (χ4v) is 2.01. The van der Waals surface area contributed by atoms with Gasteiger partial charge in [0, 0.05) is 19.6 Å². The zero-order chi connectivity index (χ0) is 14.3. The van der Waals surface area contributed by atoms with Gasteiger partial charge in [-0.15, -0.1) is 0 Å². The summed E-state index contributed by atoms with van der Waals surface area (Å²) < 4.78 is 13.1. The predicted molar refractivity (Wildman–Crippen MR) is 76.8 cm³/mol. The Balaban J connectivity index is 2.34. The molecule has 1 rings (SSSR count). The van der Waals surface area contributed by atoms with Crippen molar-refractivity contribution in [3.63, 3.8) is 0 Å². The molecular weight excluding hydrogens is 243 g/mol. The second-order valence-electron chi connectivity index (χ2n) is 4.76. The summed E-state index contributed by atoms with van der Waals surface area (Å²) in [5.41, 5.74) is 1.33. The number of aliphatic hydroxyl groups is 1. The van der Waals surface area contributed by atoms with E-state index in [0.29, 0.717) is 12.1 Å². The number of likely N-dealkylation sites (N-methyl/N-ethyl adjacent to an activating group) is 1. The minimum absolute atomic E-state index is 0.231. The molecule has 0 saturated carbocycles. The number of aliphatic hydroxyl groups excluding tert-OH is 1. The van der Waals surface area contributed by atoms with Crippen LogP contribution < -0.4 is 5.32 Å². The Hall–Kier alpha value is -0.970. The summed E-state index contributed by atoms with van der Waals surface area (Å²) in [5, 5.41) is 13.2. The van der Waals surface area contributed by atoms with Crippen molar-refractivity contribution in [2.45, 2.75) is 26.9 Å². The van der Waals surface area contributed by atoms with Crippen LogP contribution in [0.25, 0.3) is 0 Å². The normalized spacial score (nSPS) is 12.9. The van der Waals surface area contributed by atoms with Gasteiger partial charge < -0.3 is 15.3 Å². The molecule has 0 amide bonds. The molecule has 1 atom stereocenters. The van der Waals surface area contributed by atoms with E-state index in [1.54, 1.807) is 19.1 Å². The van der Waals surface area contributed by atoms with Crippen LogP contribution in [0.1, 0.15) is 31.1 Å². The molecule has 19 heavy (non-hydrogen) atoms. The summed E-state index contributed by atoms with van der Waals surface area (Å²) in [5.74, 6) is -0.231. The Morgan fingerprint density at radius 3 is 2.58 bits per heavy atom. The van der Waals surface area contributed by atoms with Gasteiger partial charge >= 0.3 is 0 Å². The number of hydrogen-bond acceptors (Lipinski definition) is 3. The van der Waals surface area contributed by atoms with Gasteiger partial charge in [-0.3, -0.25) is 0 Å². The topological polar surface area (TPSA) is 35.5 Å². The minimum Gasteiger partial charge on any atom is -0.387 e. The van der Waals surface area contributed by atoms with Crippen molar-refractivity contribution >= 4 is 0 Å². The fraction of sp³-hybridized carbons (Fsp3) is 0.600. The SMILES string of the molecule is CCN(CC)CCNCC(O)c1ccc(F)c(C)c1. The van der Waals surface area contributed by atoms with Crippen molar-refractivity contribution in [3.05, 3.63) is 35.1 Å². The molecule has 0 aliphatic rings. The van der Waals surface area contributed by atoms with E-state index >= 15 is 0 Å². The van der Waals surface area contributed by atoms with Crippen molar-refractivity contribution in [2.75, 3.05) is 32.7 Å². The lowest BCUT2D eigenvalue weighted by atomic mass is 10.1. The first kappa shape index (κ1) is 16.1. The molecule has 0 spiro atoms. The molecule has 0 bridgehead atoms. The first-order valence-electron chi connectivity index (χ1n) is 6.95. The third-order valence-corrected chi connectivity index (χ3v) is 3.40. The average molecular weight is 268 g/mol. The predicted octanol–water partition coefficient (Wildman–Crippen LogP) is 2.10. The van der Waals surface area contributed by atoms with Crippen LogP contribution in [-0.2, 0) is 0 Å². The van der Waals surface area contributed by atoms with E-state index in [2.05, 4.69) is 24.1 Å². The quantitative estimate of drug-likeness (QED) is 0.709. The van der Waals surface area contributed by atoms with Crippen LogP contribution in [0, 0.1) is 12.7 Å². The van der Waals surface area contributed by atoms with Crippen LogP contribution in [0.15, 0.2) is 18.2 Å². The van der Waals surface area contributed by atoms with E-state index in [0.717, 1.165) is 31.7 Å². The first-order valence-corrected chi connectivity index (χ1v) is 6.95. The maximum Gasteiger partial charge on any atom is 0.126 e. The lowest BCUT2D eigenvalue weighted by Gasteiger charge is -2.19. The Morgan fingerprint density at radius 1 is 1.32 bits per heavy atom. The van der Waals surface area contributed by atoms with Crippen molar-refractivity contribution in [1.29, 1.82) is 0 Å². The van der Waals surface area contributed by atoms with E-state index in [1.165, 1.54) is 6.07 Å². The molecule has 0 aliphatic heterocycles. The second kappa shape index (κ2) is 8.25. The minimum atomic E-state index is -0.587. The summed E-state index contributed by atoms with van der Waals surface area (Å²) in [6, 6.07) is 4.74. The number of nitrogens with zero attached hydrogens (tertiary/aromatic N) is 1. The Bertz CT molecular complexity index is 380. The lowest BCUT2D eigenvalue weighted by molar-refractivity contribution is 0.172. The van der Waals surface area contributed by atoms with Gasteiger partial charge in [0.2, 0.25) is 0 Å². The van der Waals surface area contributed by atoms with Gasteiger partial charge in [-0.2, -0.15) is 0 Å². The number of nitrogens with one attached hydrogen (secondary N) is 1. The summed E-state index contributed by atoms with van der Waals surface area (Å²) in [7, 11) is 0. The zero-order valence-electron chi connectivity index (χ0n) is 12.1. The Morgan fingerprint density at radius 2 is 2.00 bits per heavy atom. The number of aryl methyl sites for hydroxylation is 1. The second-order valence-corrected chi connectivity index (χ2v) is 4.76. The molecule has 4 heteroatoms. The summed E-state index contributed by atoms with van der Waals surface area (Å²) in [6.07, 6.45) is -0.587. The highest BCUT2D eigenvalue weighted by Gasteiger charge is 2.09. The largest absolute Gasteiger partial charge is 0.387 e. The molecular formula is C15H25FN2O. The van der Waals surface area contributed by atoms with Gasteiger partial charge in [0.05, 0.1) is 6.10 Å². The van der Waals surface area contributed by atoms with Crippen molar-refractivity contribution < 1.29 is 9.50 Å². The van der Waals surface area contributed by atoms with Crippen LogP contribution in [0.4, 0.5) is 4.39 Å². The molecule has 0 radical (unpaired) electrons. The van der Waals surface area contributed by atoms with E-state index in [-0.39, 0.29) is 5.82 Å². The van der Waals surface area contributed by atoms with E-state index < -0.39 is 6.10 Å². The highest BCUT2D eigenvalue weighted by atomic mass is 19.1. The molecule has 108 valence electrons. The van der Waals surface area contributed by atoms with Crippen LogP contribution >= 0.6 is 0 Å². The molecule has 0 saturated heterocycles. The smallest absolute Gasteiger partial charge is 0.126 e. The van der Waals surface area contributed by atoms with Gasteiger partial charge in [0.25, 0.3) is 0 Å². The van der Waals surface area contributed by atoms with Crippen LogP contribution in [0.5, 0.6) is 0 Å². The number of hydrogen-bond donors (Lipinski definition) is 2. The fourth-order valence-electron chi connectivity index (χ4n) is 2.01. The standard InChI is InChI=1S/C15H25FN2O/c1-4-18(5-2)9-8-17-11-15(19)13-6-7-14(16)12(3)10-13/h6-7,10,15,17,19H,4-5,8-9,11H2,1-3H3. The first-order chi connectivity index (χ1) is 9.08. The van der Waals surface area contributed by atoms with Gasteiger partial charge in [-0.1, -0.05) is 26.0 Å². The lowest BCUT2D eigenvalue weighted by Crippen LogP contribution is -2.33. The van der Waals surface area contributed by atoms with Crippen molar-refractivity contribution in [3.8, 4) is 0 Å². The Kier molecular flexibility index (Phi) is 6.99. The number of halogens is 1. The van der Waals surface area contributed by atoms with E-state index in [1.807, 2.05) is 0 Å². The number of benzene rings is 1. The molecule has 1 unspecified atom stereocenters. The van der Waals surface area contributed by atoms with Crippen molar-refractivity contribution in [2.24, 2.45) is 0 Å². The molecule has 0 heterocycles. The van der Waals surface area contributed by atoms with E-state index in [9.17, 15) is 9.50 Å². The average Bonchev–Trinajstić information content (AvgIpc) is 2.42. The monoisotopic (exact) mass is 268 g/mol. The zero-order valence-corrected chi connectivity index (χ0v) is 12.1. The highest BCUT2D eigenvalue weighted by molar-refractivity contribution is 5.25. The molecule has 0 aliphatic carbocycles. The summed E-state index contributed by atoms with van der Waals surface area (Å²) in [6.45, 7) is 10.4. The number of rotatable bonds is 8. The molecule has 0 aromatic heterocycles. The third-order valence-electron chi connectivity index (χ3n) is 3.40. The Labute approximate surface area is 115 Å². The third kappa shape index (κ3) is 5.27. The molecule has 3 nitrogen and oxygen atoms in total. The highest BCUT2D eigenvalue weighted by Crippen LogP contribution is 2.15. The van der Waals surface area contributed by atoms with Crippen molar-refractivity contribution in [1.82, 2.24) is 10.2 Å². The summed E-state index contributed by atoms with van der Waals surface area (Å²) >= 11 is 0. The molecule has 1 aromatic carbocycles. The maximum atomic E-state index is 13.1. The summed E-state index contributed by atoms with van der Waals surface area (Å²) in [4.78, 5) is 2.32.